The standard InChI is InChI=1S/C24H33N7O/c1-15-11-18(31-7-9-32-10-8-31)5-6-19(15)28-23-29-22(21-24(2,30-23)26-14-25-21)27-20-13-16-3-4-17(20)12-16/h5-6,11,14,16-17,20,27H,3-4,7-10,12-13H2,1-2H3,(H,25,26)(H2,28,29,30). The van der Waals surface area contributed by atoms with Crippen LogP contribution in [0.1, 0.15) is 38.2 Å². The van der Waals surface area contributed by atoms with Gasteiger partial charge in [0.15, 0.2) is 5.66 Å². The molecule has 0 aromatic heterocycles. The van der Waals surface area contributed by atoms with Gasteiger partial charge in [0.1, 0.15) is 11.5 Å². The van der Waals surface area contributed by atoms with Crippen LogP contribution in [0, 0.1) is 18.8 Å². The van der Waals surface area contributed by atoms with E-state index in [1.165, 1.54) is 36.9 Å². The van der Waals surface area contributed by atoms with Gasteiger partial charge in [-0.25, -0.2) is 9.98 Å². The Hall–Kier alpha value is -2.74. The highest BCUT2D eigenvalue weighted by Gasteiger charge is 2.43. The number of nitrogens with one attached hydrogen (secondary N) is 4. The van der Waals surface area contributed by atoms with Crippen molar-refractivity contribution in [1.82, 2.24) is 16.0 Å². The van der Waals surface area contributed by atoms with Crippen molar-refractivity contribution in [1.29, 1.82) is 0 Å². The second-order valence-corrected chi connectivity index (χ2v) is 9.91. The molecule has 32 heavy (non-hydrogen) atoms. The molecule has 4 N–H and O–H groups in total. The third-order valence-electron chi connectivity index (χ3n) is 7.73. The fourth-order valence-corrected chi connectivity index (χ4v) is 5.95. The average Bonchev–Trinajstić information content (AvgIpc) is 3.51. The maximum Gasteiger partial charge on any atom is 0.204 e. The Morgan fingerprint density at radius 2 is 2.06 bits per heavy atom. The normalized spacial score (nSPS) is 33.0. The van der Waals surface area contributed by atoms with E-state index in [4.69, 9.17) is 9.73 Å². The number of aryl methyl sites for hydroxylation is 1. The molecule has 0 spiro atoms. The number of aliphatic imine (C=N–C) groups is 2. The molecule has 170 valence electrons. The Kier molecular flexibility index (Phi) is 4.78. The van der Waals surface area contributed by atoms with E-state index >= 15 is 0 Å². The molecule has 3 heterocycles. The van der Waals surface area contributed by atoms with Crippen LogP contribution in [0.25, 0.3) is 0 Å². The number of ether oxygens (including phenoxy) is 1. The second kappa shape index (κ2) is 7.69. The highest BCUT2D eigenvalue weighted by atomic mass is 16.5. The highest BCUT2D eigenvalue weighted by molar-refractivity contribution is 5.97. The molecule has 3 aliphatic heterocycles. The van der Waals surface area contributed by atoms with E-state index in [1.807, 2.05) is 0 Å². The number of benzene rings is 1. The van der Waals surface area contributed by atoms with Crippen molar-refractivity contribution in [3.05, 3.63) is 35.3 Å². The number of anilines is 2. The van der Waals surface area contributed by atoms with Crippen molar-refractivity contribution in [3.63, 3.8) is 0 Å². The van der Waals surface area contributed by atoms with Crippen LogP contribution < -0.4 is 26.2 Å². The number of morpholine rings is 1. The van der Waals surface area contributed by atoms with E-state index in [1.54, 1.807) is 6.34 Å². The lowest BCUT2D eigenvalue weighted by Gasteiger charge is -2.33. The predicted molar refractivity (Wildman–Crippen MR) is 128 cm³/mol. The van der Waals surface area contributed by atoms with Crippen LogP contribution in [0.2, 0.25) is 0 Å². The Labute approximate surface area is 189 Å². The Bertz CT molecular complexity index is 996. The van der Waals surface area contributed by atoms with Gasteiger partial charge < -0.3 is 30.9 Å². The van der Waals surface area contributed by atoms with Crippen molar-refractivity contribution in [3.8, 4) is 0 Å². The summed E-state index contributed by atoms with van der Waals surface area (Å²) in [6.07, 6.45) is 7.14. The number of rotatable bonds is 4. The van der Waals surface area contributed by atoms with E-state index in [-0.39, 0.29) is 0 Å². The molecule has 3 fully saturated rings. The number of fused-ring (bicyclic) bond motifs is 3. The van der Waals surface area contributed by atoms with Gasteiger partial charge in [0, 0.05) is 30.5 Å². The van der Waals surface area contributed by atoms with Crippen LogP contribution >= 0.6 is 0 Å². The van der Waals surface area contributed by atoms with E-state index in [0.29, 0.717) is 6.04 Å². The summed E-state index contributed by atoms with van der Waals surface area (Å²) in [4.78, 5) is 11.9. The Balaban J connectivity index is 1.20. The molecular formula is C24H33N7O. The van der Waals surface area contributed by atoms with E-state index in [9.17, 15) is 0 Å². The molecule has 8 nitrogen and oxygen atoms in total. The topological polar surface area (TPSA) is 85.3 Å². The van der Waals surface area contributed by atoms with Gasteiger partial charge in [-0.15, -0.1) is 0 Å². The monoisotopic (exact) mass is 435 g/mol. The lowest BCUT2D eigenvalue weighted by Crippen LogP contribution is -2.50. The van der Waals surface area contributed by atoms with Crippen LogP contribution in [0.3, 0.4) is 0 Å². The summed E-state index contributed by atoms with van der Waals surface area (Å²) in [5.41, 5.74) is 3.86. The number of guanidine groups is 1. The quantitative estimate of drug-likeness (QED) is 0.582. The molecule has 4 atom stereocenters. The summed E-state index contributed by atoms with van der Waals surface area (Å²) in [6, 6.07) is 7.09. The summed E-state index contributed by atoms with van der Waals surface area (Å²) < 4.78 is 5.49. The molecule has 4 unspecified atom stereocenters. The summed E-state index contributed by atoms with van der Waals surface area (Å²) in [7, 11) is 0. The lowest BCUT2D eigenvalue weighted by molar-refractivity contribution is 0.122. The maximum absolute atomic E-state index is 5.49. The van der Waals surface area contributed by atoms with Crippen molar-refractivity contribution < 1.29 is 4.74 Å². The first-order chi connectivity index (χ1) is 15.6. The van der Waals surface area contributed by atoms with Gasteiger partial charge >= 0.3 is 0 Å². The number of hydrogen-bond donors (Lipinski definition) is 4. The lowest BCUT2D eigenvalue weighted by atomic mass is 9.95. The predicted octanol–water partition coefficient (Wildman–Crippen LogP) is 2.50. The Morgan fingerprint density at radius 1 is 1.19 bits per heavy atom. The molecule has 0 amide bonds. The molecule has 2 saturated carbocycles. The molecule has 0 radical (unpaired) electrons. The maximum atomic E-state index is 5.49. The average molecular weight is 436 g/mol. The fourth-order valence-electron chi connectivity index (χ4n) is 5.95. The third kappa shape index (κ3) is 3.50. The van der Waals surface area contributed by atoms with Crippen molar-refractivity contribution in [2.75, 3.05) is 36.5 Å². The summed E-state index contributed by atoms with van der Waals surface area (Å²) in [5, 5.41) is 14.2. The molecule has 2 aliphatic carbocycles. The first kappa shape index (κ1) is 19.9. The first-order valence-corrected chi connectivity index (χ1v) is 12.0. The van der Waals surface area contributed by atoms with Gasteiger partial charge in [-0.2, -0.15) is 0 Å². The largest absolute Gasteiger partial charge is 0.378 e. The zero-order chi connectivity index (χ0) is 21.7. The van der Waals surface area contributed by atoms with Gasteiger partial charge in [-0.1, -0.05) is 6.42 Å². The van der Waals surface area contributed by atoms with Crippen molar-refractivity contribution >= 4 is 23.7 Å². The van der Waals surface area contributed by atoms with Crippen LogP contribution in [0.15, 0.2) is 39.7 Å². The van der Waals surface area contributed by atoms with Crippen LogP contribution in [-0.2, 0) is 4.74 Å². The minimum atomic E-state index is -0.630. The molecule has 1 aromatic carbocycles. The Morgan fingerprint density at radius 3 is 2.81 bits per heavy atom. The van der Waals surface area contributed by atoms with Crippen LogP contribution in [0.5, 0.6) is 0 Å². The molecule has 5 aliphatic rings. The van der Waals surface area contributed by atoms with Gasteiger partial charge in [0.2, 0.25) is 5.96 Å². The molecule has 2 bridgehead atoms. The van der Waals surface area contributed by atoms with Gasteiger partial charge in [0.25, 0.3) is 0 Å². The minimum absolute atomic E-state index is 0.532. The minimum Gasteiger partial charge on any atom is -0.378 e. The third-order valence-corrected chi connectivity index (χ3v) is 7.73. The van der Waals surface area contributed by atoms with Crippen molar-refractivity contribution in [2.45, 2.75) is 51.2 Å². The zero-order valence-electron chi connectivity index (χ0n) is 18.9. The van der Waals surface area contributed by atoms with Crippen LogP contribution in [-0.4, -0.2) is 50.3 Å². The summed E-state index contributed by atoms with van der Waals surface area (Å²) in [6.45, 7) is 7.66. The number of nitrogens with zero attached hydrogens (tertiary/aromatic N) is 3. The molecular weight excluding hydrogens is 402 g/mol. The molecule has 8 heteroatoms. The smallest absolute Gasteiger partial charge is 0.204 e. The summed E-state index contributed by atoms with van der Waals surface area (Å²) >= 11 is 0. The second-order valence-electron chi connectivity index (χ2n) is 9.91. The number of hydrogen-bond acceptors (Lipinski definition) is 8. The first-order valence-electron chi connectivity index (χ1n) is 12.0. The van der Waals surface area contributed by atoms with Gasteiger partial charge in [0.05, 0.1) is 19.6 Å². The molecule has 6 rings (SSSR count). The molecule has 1 saturated heterocycles. The van der Waals surface area contributed by atoms with E-state index in [2.05, 4.69) is 63.2 Å². The molecule has 1 aromatic rings. The highest BCUT2D eigenvalue weighted by Crippen LogP contribution is 2.45. The summed E-state index contributed by atoms with van der Waals surface area (Å²) in [5.74, 6) is 3.41. The van der Waals surface area contributed by atoms with Gasteiger partial charge in [-0.05, 0) is 68.7 Å². The SMILES string of the molecule is Cc1cc(N2CCOCC2)ccc1NC1=NC2(C)N=CNC2=C(NC2CC3CCC2C3)N1. The fraction of sp³-hybridized carbons (Fsp3) is 0.583. The van der Waals surface area contributed by atoms with E-state index < -0.39 is 5.66 Å². The van der Waals surface area contributed by atoms with Crippen LogP contribution in [0.4, 0.5) is 11.4 Å². The van der Waals surface area contributed by atoms with Crippen molar-refractivity contribution in [2.24, 2.45) is 21.8 Å². The van der Waals surface area contributed by atoms with E-state index in [0.717, 1.165) is 61.3 Å². The zero-order valence-corrected chi connectivity index (χ0v) is 18.9. The van der Waals surface area contributed by atoms with Gasteiger partial charge in [-0.3, -0.25) is 0 Å².